The minimum Gasteiger partial charge on any atom is -0.494 e. The summed E-state index contributed by atoms with van der Waals surface area (Å²) in [5.74, 6) is 0.848. The van der Waals surface area contributed by atoms with Gasteiger partial charge in [-0.25, -0.2) is 10.4 Å². The summed E-state index contributed by atoms with van der Waals surface area (Å²) in [5.41, 5.74) is 5.32. The Morgan fingerprint density at radius 2 is 2.10 bits per heavy atom. The summed E-state index contributed by atoms with van der Waals surface area (Å²) in [7, 11) is 1.64. The quantitative estimate of drug-likeness (QED) is 0.262. The summed E-state index contributed by atoms with van der Waals surface area (Å²) < 4.78 is 16.5. The number of methoxy groups -OCH3 is 1. The third kappa shape index (κ3) is 6.03. The van der Waals surface area contributed by atoms with E-state index in [1.807, 2.05) is 31.2 Å². The van der Waals surface area contributed by atoms with Gasteiger partial charge in [-0.3, -0.25) is 10.2 Å². The number of hydrazine groups is 1. The molecule has 8 nitrogen and oxygen atoms in total. The van der Waals surface area contributed by atoms with Crippen LogP contribution < -0.4 is 15.6 Å². The first-order chi connectivity index (χ1) is 14.1. The SMILES string of the molecule is C=CC[C@]1(C(=O)NNCCCOC)N=C(c2ccc(OCCCO)cc2)O[C@H]1C. The van der Waals surface area contributed by atoms with E-state index in [-0.39, 0.29) is 12.5 Å². The zero-order chi connectivity index (χ0) is 21.1. The molecular formula is C21H31N3O5. The van der Waals surface area contributed by atoms with E-state index in [0.717, 1.165) is 12.0 Å². The van der Waals surface area contributed by atoms with E-state index in [2.05, 4.69) is 22.4 Å². The van der Waals surface area contributed by atoms with Crippen molar-refractivity contribution in [1.29, 1.82) is 0 Å². The first-order valence-corrected chi connectivity index (χ1v) is 9.81. The predicted octanol–water partition coefficient (Wildman–Crippen LogP) is 1.59. The summed E-state index contributed by atoms with van der Waals surface area (Å²) in [6, 6.07) is 7.30. The number of carbonyl (C=O) groups is 1. The molecule has 0 fully saturated rings. The number of aliphatic hydroxyl groups is 1. The summed E-state index contributed by atoms with van der Waals surface area (Å²) in [5, 5.41) is 8.82. The summed E-state index contributed by atoms with van der Waals surface area (Å²) >= 11 is 0. The van der Waals surface area contributed by atoms with Crippen LogP contribution >= 0.6 is 0 Å². The fourth-order valence-corrected chi connectivity index (χ4v) is 2.96. The number of ether oxygens (including phenoxy) is 3. The normalized spacial score (nSPS) is 20.7. The third-order valence-corrected chi connectivity index (χ3v) is 4.64. The molecule has 0 bridgehead atoms. The van der Waals surface area contributed by atoms with Crippen LogP contribution in [0.3, 0.4) is 0 Å². The first kappa shape index (κ1) is 22.9. The topological polar surface area (TPSA) is 101 Å². The summed E-state index contributed by atoms with van der Waals surface area (Å²) in [6.45, 7) is 7.35. The molecule has 3 N–H and O–H groups in total. The van der Waals surface area contributed by atoms with Crippen molar-refractivity contribution >= 4 is 11.8 Å². The molecule has 0 saturated heterocycles. The van der Waals surface area contributed by atoms with Gasteiger partial charge in [0.25, 0.3) is 5.91 Å². The van der Waals surface area contributed by atoms with Gasteiger partial charge in [0.05, 0.1) is 6.61 Å². The molecule has 0 spiro atoms. The maximum absolute atomic E-state index is 12.9. The molecule has 29 heavy (non-hydrogen) atoms. The molecule has 0 radical (unpaired) electrons. The van der Waals surface area contributed by atoms with Crippen LogP contribution in [0.15, 0.2) is 41.9 Å². The van der Waals surface area contributed by atoms with E-state index in [0.29, 0.717) is 44.2 Å². The molecule has 160 valence electrons. The predicted molar refractivity (Wildman–Crippen MR) is 111 cm³/mol. The fraction of sp³-hybridized carbons (Fsp3) is 0.524. The monoisotopic (exact) mass is 405 g/mol. The molecule has 8 heteroatoms. The van der Waals surface area contributed by atoms with Gasteiger partial charge in [-0.15, -0.1) is 6.58 Å². The Morgan fingerprint density at radius 3 is 2.76 bits per heavy atom. The van der Waals surface area contributed by atoms with Crippen molar-refractivity contribution < 1.29 is 24.1 Å². The number of aliphatic imine (C=N–C) groups is 1. The van der Waals surface area contributed by atoms with E-state index in [9.17, 15) is 4.79 Å². The number of amides is 1. The van der Waals surface area contributed by atoms with E-state index in [1.165, 1.54) is 0 Å². The zero-order valence-corrected chi connectivity index (χ0v) is 17.1. The molecule has 0 saturated carbocycles. The van der Waals surface area contributed by atoms with Gasteiger partial charge < -0.3 is 19.3 Å². The molecule has 0 aliphatic carbocycles. The smallest absolute Gasteiger partial charge is 0.266 e. The lowest BCUT2D eigenvalue weighted by Crippen LogP contribution is -2.54. The van der Waals surface area contributed by atoms with Gasteiger partial charge in [0.1, 0.15) is 11.9 Å². The van der Waals surface area contributed by atoms with Crippen LogP contribution in [-0.4, -0.2) is 62.0 Å². The molecule has 1 aliphatic heterocycles. The van der Waals surface area contributed by atoms with Crippen molar-refractivity contribution in [3.05, 3.63) is 42.5 Å². The number of nitrogens with one attached hydrogen (secondary N) is 2. The van der Waals surface area contributed by atoms with Crippen molar-refractivity contribution in [1.82, 2.24) is 10.9 Å². The van der Waals surface area contributed by atoms with Crippen LogP contribution in [0.25, 0.3) is 0 Å². The van der Waals surface area contributed by atoms with Crippen LogP contribution in [0, 0.1) is 0 Å². The van der Waals surface area contributed by atoms with Gasteiger partial charge in [-0.1, -0.05) is 6.08 Å². The average molecular weight is 405 g/mol. The third-order valence-electron chi connectivity index (χ3n) is 4.64. The van der Waals surface area contributed by atoms with Crippen molar-refractivity contribution in [2.24, 2.45) is 4.99 Å². The van der Waals surface area contributed by atoms with E-state index < -0.39 is 11.6 Å². The molecule has 0 unspecified atom stereocenters. The number of nitrogens with zero attached hydrogens (tertiary/aromatic N) is 1. The molecule has 1 aromatic carbocycles. The maximum atomic E-state index is 12.9. The Kier molecular flexibility index (Phi) is 9.11. The van der Waals surface area contributed by atoms with E-state index in [4.69, 9.17) is 19.3 Å². The van der Waals surface area contributed by atoms with Crippen molar-refractivity contribution in [2.75, 3.05) is 33.5 Å². The number of rotatable bonds is 13. The maximum Gasteiger partial charge on any atom is 0.266 e. The first-order valence-electron chi connectivity index (χ1n) is 9.81. The fourth-order valence-electron chi connectivity index (χ4n) is 2.96. The van der Waals surface area contributed by atoms with Crippen molar-refractivity contribution in [3.63, 3.8) is 0 Å². The van der Waals surface area contributed by atoms with Crippen LogP contribution in [0.5, 0.6) is 5.75 Å². The second kappa shape index (κ2) is 11.5. The van der Waals surface area contributed by atoms with E-state index >= 15 is 0 Å². The van der Waals surface area contributed by atoms with Gasteiger partial charge in [0, 0.05) is 45.3 Å². The lowest BCUT2D eigenvalue weighted by Gasteiger charge is -2.26. The Morgan fingerprint density at radius 1 is 1.34 bits per heavy atom. The van der Waals surface area contributed by atoms with Gasteiger partial charge in [0.15, 0.2) is 5.54 Å². The summed E-state index contributed by atoms with van der Waals surface area (Å²) in [6.07, 6.45) is 2.93. The number of hydrogen-bond acceptors (Lipinski definition) is 7. The van der Waals surface area contributed by atoms with Crippen molar-refractivity contribution in [3.8, 4) is 5.75 Å². The van der Waals surface area contributed by atoms with Crippen LogP contribution in [-0.2, 0) is 14.3 Å². The standard InChI is InChI=1S/C21H31N3O5/c1-4-11-21(20(26)24-22-12-5-14-27-3)16(2)29-19(23-21)17-7-9-18(10-8-17)28-15-6-13-25/h4,7-10,16,22,25H,1,5-6,11-15H2,2-3H3,(H,24,26)/t16-,21-/m0/s1. The Balaban J connectivity index is 2.09. The second-order valence-electron chi connectivity index (χ2n) is 6.77. The molecule has 1 heterocycles. The zero-order valence-electron chi connectivity index (χ0n) is 17.1. The summed E-state index contributed by atoms with van der Waals surface area (Å²) in [4.78, 5) is 17.6. The van der Waals surface area contributed by atoms with Gasteiger partial charge in [-0.05, 0) is 37.6 Å². The molecule has 1 aliphatic rings. The lowest BCUT2D eigenvalue weighted by atomic mass is 9.90. The average Bonchev–Trinajstić information content (AvgIpc) is 3.06. The molecule has 2 atom stereocenters. The van der Waals surface area contributed by atoms with Crippen LogP contribution in [0.2, 0.25) is 0 Å². The largest absolute Gasteiger partial charge is 0.494 e. The number of aliphatic hydroxyl groups excluding tert-OH is 1. The molecule has 1 amide bonds. The van der Waals surface area contributed by atoms with Crippen molar-refractivity contribution in [2.45, 2.75) is 37.8 Å². The Labute approximate surface area is 171 Å². The van der Waals surface area contributed by atoms with E-state index in [1.54, 1.807) is 13.2 Å². The van der Waals surface area contributed by atoms with Gasteiger partial charge in [-0.2, -0.15) is 0 Å². The van der Waals surface area contributed by atoms with Gasteiger partial charge >= 0.3 is 0 Å². The number of benzene rings is 1. The lowest BCUT2D eigenvalue weighted by molar-refractivity contribution is -0.129. The minimum absolute atomic E-state index is 0.0926. The van der Waals surface area contributed by atoms with Crippen LogP contribution in [0.4, 0.5) is 0 Å². The highest BCUT2D eigenvalue weighted by Gasteiger charge is 2.49. The minimum atomic E-state index is -1.08. The second-order valence-corrected chi connectivity index (χ2v) is 6.77. The Bertz CT molecular complexity index is 692. The molecular weight excluding hydrogens is 374 g/mol. The molecule has 1 aromatic rings. The molecule has 2 rings (SSSR count). The van der Waals surface area contributed by atoms with Crippen LogP contribution in [0.1, 0.15) is 31.7 Å². The highest BCUT2D eigenvalue weighted by atomic mass is 16.5. The Hall–Kier alpha value is -2.42. The highest BCUT2D eigenvalue weighted by Crippen LogP contribution is 2.32. The van der Waals surface area contributed by atoms with Gasteiger partial charge in [0.2, 0.25) is 5.90 Å². The molecule has 0 aromatic heterocycles. The highest BCUT2D eigenvalue weighted by molar-refractivity contribution is 6.00. The number of carbonyl (C=O) groups excluding carboxylic acids is 1. The number of hydrogen-bond donors (Lipinski definition) is 3.